The number of quaternary nitrogens is 1. The van der Waals surface area contributed by atoms with Crippen molar-refractivity contribution in [2.75, 3.05) is 66.0 Å². The summed E-state index contributed by atoms with van der Waals surface area (Å²) in [5.74, 6) is -1.25. The number of aromatic nitrogens is 2. The molecule has 0 saturated carbocycles. The number of sulfonamides is 1. The van der Waals surface area contributed by atoms with Gasteiger partial charge in [0.15, 0.2) is 0 Å². The first kappa shape index (κ1) is 32.7. The molecule has 46 heavy (non-hydrogen) atoms. The van der Waals surface area contributed by atoms with E-state index in [9.17, 15) is 22.0 Å². The maximum absolute atomic E-state index is 14.1. The maximum atomic E-state index is 14.1. The molecule has 3 aliphatic rings. The molecule has 0 bridgehead atoms. The van der Waals surface area contributed by atoms with Gasteiger partial charge in [-0.05, 0) is 31.3 Å². The number of carbonyl (C=O) groups excluding carboxylic acids is 1. The topological polar surface area (TPSA) is 102 Å². The SMILES string of the molecule is CN1CCN(C2CC[N+](CCNC(=O)c3ccccc3)(c3n[nH]c4c3CN(S(=O)(=O)c3cc(F)cc(F)c3)CC4(C)C)CC2)CC1. The van der Waals surface area contributed by atoms with E-state index in [0.717, 1.165) is 81.3 Å². The first-order valence-corrected chi connectivity index (χ1v) is 17.5. The first-order chi connectivity index (χ1) is 21.9. The van der Waals surface area contributed by atoms with Crippen molar-refractivity contribution in [1.29, 1.82) is 0 Å². The van der Waals surface area contributed by atoms with E-state index < -0.39 is 32.0 Å². The third kappa shape index (κ3) is 6.48. The van der Waals surface area contributed by atoms with Gasteiger partial charge in [0.1, 0.15) is 18.2 Å². The highest BCUT2D eigenvalue weighted by Crippen LogP contribution is 2.42. The van der Waals surface area contributed by atoms with Crippen LogP contribution in [0.1, 0.15) is 48.3 Å². The van der Waals surface area contributed by atoms with Gasteiger partial charge in [-0.3, -0.25) is 19.3 Å². The van der Waals surface area contributed by atoms with E-state index in [1.807, 2.05) is 32.0 Å². The van der Waals surface area contributed by atoms with Crippen LogP contribution in [0.15, 0.2) is 53.4 Å². The summed E-state index contributed by atoms with van der Waals surface area (Å²) in [6.07, 6.45) is 1.90. The molecule has 0 unspecified atom stereocenters. The fourth-order valence-electron chi connectivity index (χ4n) is 7.42. The van der Waals surface area contributed by atoms with Crippen molar-refractivity contribution in [2.45, 2.75) is 49.6 Å². The van der Waals surface area contributed by atoms with Gasteiger partial charge in [0.25, 0.3) is 11.7 Å². The summed E-state index contributed by atoms with van der Waals surface area (Å²) in [5, 5.41) is 11.2. The van der Waals surface area contributed by atoms with Crippen molar-refractivity contribution in [1.82, 2.24) is 34.1 Å². The summed E-state index contributed by atoms with van der Waals surface area (Å²) < 4.78 is 57.7. The quantitative estimate of drug-likeness (QED) is 0.361. The molecule has 3 aromatic rings. The average Bonchev–Trinajstić information content (AvgIpc) is 3.48. The van der Waals surface area contributed by atoms with Gasteiger partial charge in [-0.25, -0.2) is 17.2 Å². The monoisotopic (exact) mass is 656 g/mol. The van der Waals surface area contributed by atoms with Crippen LogP contribution < -0.4 is 9.80 Å². The Morgan fingerprint density at radius 3 is 2.35 bits per heavy atom. The zero-order chi connectivity index (χ0) is 32.7. The number of nitrogens with one attached hydrogen (secondary N) is 2. The molecule has 6 rings (SSSR count). The molecule has 2 saturated heterocycles. The van der Waals surface area contributed by atoms with Gasteiger partial charge in [0, 0.05) is 75.2 Å². The number of hydrogen-bond acceptors (Lipinski definition) is 6. The van der Waals surface area contributed by atoms with Gasteiger partial charge in [0.2, 0.25) is 10.0 Å². The van der Waals surface area contributed by atoms with Gasteiger partial charge < -0.3 is 10.2 Å². The summed E-state index contributed by atoms with van der Waals surface area (Å²) in [5.41, 5.74) is 1.62. The molecule has 3 aliphatic heterocycles. The second kappa shape index (κ2) is 12.8. The molecule has 0 spiro atoms. The first-order valence-electron chi connectivity index (χ1n) is 16.0. The Balaban J connectivity index is 1.30. The number of carbonyl (C=O) groups is 1. The van der Waals surface area contributed by atoms with E-state index in [0.29, 0.717) is 35.2 Å². The Bertz CT molecular complexity index is 1650. The summed E-state index contributed by atoms with van der Waals surface area (Å²) in [4.78, 5) is 17.5. The van der Waals surface area contributed by atoms with Gasteiger partial charge in [-0.15, -0.1) is 5.10 Å². The molecule has 2 N–H and O–H groups in total. The number of benzene rings is 2. The number of H-pyrrole nitrogens is 1. The zero-order valence-corrected chi connectivity index (χ0v) is 27.6. The summed E-state index contributed by atoms with van der Waals surface area (Å²) >= 11 is 0. The van der Waals surface area contributed by atoms with Crippen LogP contribution >= 0.6 is 0 Å². The lowest BCUT2D eigenvalue weighted by molar-refractivity contribution is 0.0675. The molecule has 2 aromatic carbocycles. The van der Waals surface area contributed by atoms with Gasteiger partial charge in [-0.2, -0.15) is 4.31 Å². The van der Waals surface area contributed by atoms with Crippen molar-refractivity contribution in [3.05, 3.63) is 77.0 Å². The normalized spacial score (nSPS) is 24.4. The lowest BCUT2D eigenvalue weighted by Gasteiger charge is -2.47. The number of piperidine rings is 1. The fraction of sp³-hybridized carbons (Fsp3) is 0.515. The Hall–Kier alpha value is -3.23. The van der Waals surface area contributed by atoms with Crippen molar-refractivity contribution in [3.8, 4) is 0 Å². The highest BCUT2D eigenvalue weighted by molar-refractivity contribution is 7.89. The van der Waals surface area contributed by atoms with Gasteiger partial charge in [-0.1, -0.05) is 32.0 Å². The highest BCUT2D eigenvalue weighted by atomic mass is 32.2. The molecule has 0 atom stereocenters. The molecule has 0 aliphatic carbocycles. The standard InChI is InChI=1S/C33H43F2N7O3S/c1-33(2)23-41(46(44,45)28-20-25(34)19-26(35)21-28)22-29-30(33)37-38-31(29)42(18-11-36-32(43)24-7-5-4-6-8-24)16-9-27(10-17-42)40-14-12-39(3)13-15-40/h4-8,19-21,27H,9-18,22-23H2,1-3H3,(H-,36,37,38,43)/p+1. The fourth-order valence-corrected chi connectivity index (χ4v) is 9.04. The van der Waals surface area contributed by atoms with Crippen LogP contribution in [-0.4, -0.2) is 111 Å². The second-order valence-electron chi connectivity index (χ2n) is 13.7. The number of aromatic amines is 1. The predicted octanol–water partition coefficient (Wildman–Crippen LogP) is 3.32. The van der Waals surface area contributed by atoms with Crippen LogP contribution in [0.2, 0.25) is 0 Å². The van der Waals surface area contributed by atoms with E-state index in [2.05, 4.69) is 27.3 Å². The number of amides is 1. The smallest absolute Gasteiger partial charge is 0.251 e. The Kier molecular flexibility index (Phi) is 9.07. The molecule has 1 amide bonds. The van der Waals surface area contributed by atoms with Crippen molar-refractivity contribution in [3.63, 3.8) is 0 Å². The number of likely N-dealkylation sites (N-methyl/N-ethyl adjacent to an activating group) is 1. The number of likely N-dealkylation sites (tertiary alicyclic amines) is 1. The van der Waals surface area contributed by atoms with Crippen LogP contribution in [0.3, 0.4) is 0 Å². The molecular weight excluding hydrogens is 612 g/mol. The van der Waals surface area contributed by atoms with Crippen molar-refractivity contribution >= 4 is 21.7 Å². The largest absolute Gasteiger partial charge is 0.346 e. The Morgan fingerprint density at radius 1 is 1.04 bits per heavy atom. The number of nitrogens with zero attached hydrogens (tertiary/aromatic N) is 5. The Labute approximate surface area is 270 Å². The van der Waals surface area contributed by atoms with E-state index in [-0.39, 0.29) is 19.0 Å². The van der Waals surface area contributed by atoms with Gasteiger partial charge >= 0.3 is 0 Å². The van der Waals surface area contributed by atoms with Crippen LogP contribution in [0, 0.1) is 11.6 Å². The minimum absolute atomic E-state index is 0.0311. The number of hydrogen-bond donors (Lipinski definition) is 2. The molecule has 4 heterocycles. The van der Waals surface area contributed by atoms with Crippen LogP contribution in [0.5, 0.6) is 0 Å². The van der Waals surface area contributed by atoms with Crippen LogP contribution in [-0.2, 0) is 22.0 Å². The van der Waals surface area contributed by atoms with E-state index >= 15 is 0 Å². The molecule has 2 fully saturated rings. The lowest BCUT2D eigenvalue weighted by atomic mass is 9.83. The molecular formula is C33H44F2N7O3S+. The van der Waals surface area contributed by atoms with Crippen LogP contribution in [0.25, 0.3) is 0 Å². The van der Waals surface area contributed by atoms with Crippen molar-refractivity contribution < 1.29 is 22.0 Å². The summed E-state index contributed by atoms with van der Waals surface area (Å²) in [7, 11) is -2.06. The molecule has 248 valence electrons. The highest BCUT2D eigenvalue weighted by Gasteiger charge is 2.47. The maximum Gasteiger partial charge on any atom is 0.251 e. The third-order valence-corrected chi connectivity index (χ3v) is 11.8. The minimum atomic E-state index is -4.22. The Morgan fingerprint density at radius 2 is 1.70 bits per heavy atom. The van der Waals surface area contributed by atoms with E-state index in [4.69, 9.17) is 5.10 Å². The molecule has 13 heteroatoms. The van der Waals surface area contributed by atoms with Crippen molar-refractivity contribution in [2.24, 2.45) is 0 Å². The molecule has 1 aromatic heterocycles. The average molecular weight is 657 g/mol. The predicted molar refractivity (Wildman–Crippen MR) is 173 cm³/mol. The molecule has 10 nitrogen and oxygen atoms in total. The molecule has 0 radical (unpaired) electrons. The number of fused-ring (bicyclic) bond motifs is 1. The number of piperazine rings is 1. The third-order valence-electron chi connectivity index (χ3n) is 10.0. The lowest BCUT2D eigenvalue weighted by Crippen LogP contribution is -2.62. The summed E-state index contributed by atoms with van der Waals surface area (Å²) in [6.45, 7) is 10.8. The number of halogens is 2. The minimum Gasteiger partial charge on any atom is -0.346 e. The second-order valence-corrected chi connectivity index (χ2v) is 15.6. The van der Waals surface area contributed by atoms with E-state index in [1.165, 1.54) is 4.31 Å². The summed E-state index contributed by atoms with van der Waals surface area (Å²) in [6, 6.07) is 12.0. The number of rotatable bonds is 8. The van der Waals surface area contributed by atoms with Crippen LogP contribution in [0.4, 0.5) is 14.6 Å². The van der Waals surface area contributed by atoms with E-state index in [1.54, 1.807) is 12.1 Å². The van der Waals surface area contributed by atoms with Gasteiger partial charge in [0.05, 0.1) is 35.8 Å². The zero-order valence-electron chi connectivity index (χ0n) is 26.8.